The highest BCUT2D eigenvalue weighted by Gasteiger charge is 2.71. The first kappa shape index (κ1) is 53.7. The molecule has 6 nitrogen and oxygen atoms in total. The van der Waals surface area contributed by atoms with Crippen LogP contribution in [0.2, 0.25) is 0 Å². The van der Waals surface area contributed by atoms with Crippen LogP contribution in [0, 0.1) is 100 Å². The van der Waals surface area contributed by atoms with Gasteiger partial charge in [-0.2, -0.15) is 0 Å². The molecule has 4 N–H and O–H groups in total. The van der Waals surface area contributed by atoms with Gasteiger partial charge in [-0.1, -0.05) is 133 Å². The van der Waals surface area contributed by atoms with E-state index in [-0.39, 0.29) is 77.2 Å². The van der Waals surface area contributed by atoms with Gasteiger partial charge < -0.3 is 20.8 Å². The lowest BCUT2D eigenvalue weighted by atomic mass is 9.33. The molecule has 0 bridgehead atoms. The van der Waals surface area contributed by atoms with Crippen molar-refractivity contribution in [3.05, 3.63) is 23.3 Å². The van der Waals surface area contributed by atoms with Crippen molar-refractivity contribution in [2.75, 3.05) is 13.1 Å². The van der Waals surface area contributed by atoms with Crippen molar-refractivity contribution >= 4 is 11.8 Å². The summed E-state index contributed by atoms with van der Waals surface area (Å²) in [7, 11) is 0. The largest absolute Gasteiger partial charge is 0.393 e. The lowest BCUT2D eigenvalue weighted by Crippen LogP contribution is -2.65. The summed E-state index contributed by atoms with van der Waals surface area (Å²) in [5, 5.41) is 29.6. The van der Waals surface area contributed by atoms with Crippen LogP contribution in [0.4, 0.5) is 0 Å². The summed E-state index contributed by atoms with van der Waals surface area (Å²) in [4.78, 5) is 29.7. The van der Waals surface area contributed by atoms with Crippen molar-refractivity contribution in [2.24, 2.45) is 100 Å². The van der Waals surface area contributed by atoms with Crippen LogP contribution in [-0.2, 0) is 9.59 Å². The molecule has 0 aromatic carbocycles. The molecule has 6 heteroatoms. The van der Waals surface area contributed by atoms with Gasteiger partial charge in [0.25, 0.3) is 0 Å². The van der Waals surface area contributed by atoms with Gasteiger partial charge in [0.05, 0.1) is 23.0 Å². The second kappa shape index (κ2) is 17.4. The molecule has 0 saturated heterocycles. The lowest BCUT2D eigenvalue weighted by Gasteiger charge is -2.71. The quantitative estimate of drug-likeness (QED) is 0.137. The van der Waals surface area contributed by atoms with Crippen molar-refractivity contribution in [1.82, 2.24) is 10.6 Å². The van der Waals surface area contributed by atoms with Gasteiger partial charge in [-0.15, -0.1) is 0 Å². The standard InChI is InChI=1S/C66H108N2O4/c1-55(2)31-35-65(37-33-61(11)43(45(65)41-55)19-21-49-59(9)27-25-51(69)57(5,6)47(59)23-29-63(49,61)13)53(71)67-39-17-15-16-18-40-68-54(72)66-36-32-56(3,4)42-46(66)44-20-22-50-60(10)28-26-52(70)58(7,8)48(60)24-30-64(50,14)62(44,12)34-38-66/h19-20,45-52,69-70H,15-18,21-42H2,1-14H3,(H,67,71)(H,68,72)/t45-,46-,47-,48-,49+,50+,51-,52-,59-,60-,61+,62+,63+,64+,65-,66-/m0/s1. The summed E-state index contributed by atoms with van der Waals surface area (Å²) in [5.41, 5.74) is 4.07. The van der Waals surface area contributed by atoms with Crippen LogP contribution < -0.4 is 10.6 Å². The molecular weight excluding hydrogens is 885 g/mol. The van der Waals surface area contributed by atoms with Gasteiger partial charge in [0, 0.05) is 13.1 Å². The number of unbranched alkanes of at least 4 members (excludes halogenated alkanes) is 3. The van der Waals surface area contributed by atoms with E-state index in [2.05, 4.69) is 120 Å². The highest BCUT2D eigenvalue weighted by Crippen LogP contribution is 2.78. The summed E-state index contributed by atoms with van der Waals surface area (Å²) < 4.78 is 0. The van der Waals surface area contributed by atoms with Gasteiger partial charge in [-0.05, 0) is 231 Å². The van der Waals surface area contributed by atoms with E-state index in [4.69, 9.17) is 0 Å². The van der Waals surface area contributed by atoms with Crippen molar-refractivity contribution in [3.63, 3.8) is 0 Å². The second-order valence-electron chi connectivity index (χ2n) is 32.4. The van der Waals surface area contributed by atoms with Gasteiger partial charge in [-0.25, -0.2) is 0 Å². The van der Waals surface area contributed by atoms with E-state index in [1.807, 2.05) is 0 Å². The van der Waals surface area contributed by atoms with Crippen molar-refractivity contribution in [2.45, 2.75) is 263 Å². The number of hydrogen-bond acceptors (Lipinski definition) is 4. The Morgan fingerprint density at radius 3 is 1.19 bits per heavy atom. The van der Waals surface area contributed by atoms with Crippen molar-refractivity contribution in [1.29, 1.82) is 0 Å². The number of amides is 2. The maximum Gasteiger partial charge on any atom is 0.226 e. The number of allylic oxidation sites excluding steroid dienone is 4. The summed E-state index contributed by atoms with van der Waals surface area (Å²) in [6.45, 7) is 36.5. The van der Waals surface area contributed by atoms with Crippen molar-refractivity contribution in [3.8, 4) is 0 Å². The van der Waals surface area contributed by atoms with E-state index >= 15 is 0 Å². The van der Waals surface area contributed by atoms with E-state index in [0.29, 0.717) is 47.3 Å². The molecule has 8 fully saturated rings. The molecule has 406 valence electrons. The molecule has 10 aliphatic carbocycles. The second-order valence-corrected chi connectivity index (χ2v) is 32.4. The third-order valence-corrected chi connectivity index (χ3v) is 27.8. The molecule has 2 amide bonds. The van der Waals surface area contributed by atoms with Crippen LogP contribution in [-0.4, -0.2) is 47.3 Å². The SMILES string of the molecule is CC1(C)CC[C@]2(C(=O)NCCCCCCNC(=O)[C@]34CCC(C)(C)C[C@H]3C3=CC[C@@H]5[C@@]6(C)CC[C@H](O)C(C)(C)[C@@H]6CC[C@@]5(C)[C@]3(C)CC4)CC[C@]3(C)C(=CC[C@@H]4[C@@]5(C)CC[C@H](O)C(C)(C)[C@@H]5CC[C@]43C)[C@@H]2C1. The Bertz CT molecular complexity index is 2050. The Balaban J connectivity index is 0.756. The molecule has 0 spiro atoms. The van der Waals surface area contributed by atoms with Crippen LogP contribution in [0.25, 0.3) is 0 Å². The maximum absolute atomic E-state index is 14.8. The fraction of sp³-hybridized carbons (Fsp3) is 0.909. The van der Waals surface area contributed by atoms with E-state index in [0.717, 1.165) is 142 Å². The van der Waals surface area contributed by atoms with Gasteiger partial charge >= 0.3 is 0 Å². The fourth-order valence-electron chi connectivity index (χ4n) is 22.6. The van der Waals surface area contributed by atoms with Crippen molar-refractivity contribution < 1.29 is 19.8 Å². The first-order valence-corrected chi connectivity index (χ1v) is 30.8. The van der Waals surface area contributed by atoms with Gasteiger partial charge in [-0.3, -0.25) is 9.59 Å². The molecular formula is C66H108N2O4. The Hall–Kier alpha value is -1.66. The van der Waals surface area contributed by atoms with Crippen LogP contribution in [0.5, 0.6) is 0 Å². The molecule has 0 unspecified atom stereocenters. The molecule has 0 radical (unpaired) electrons. The predicted molar refractivity (Wildman–Crippen MR) is 295 cm³/mol. The van der Waals surface area contributed by atoms with Gasteiger partial charge in [0.15, 0.2) is 0 Å². The molecule has 8 saturated carbocycles. The number of carbonyl (C=O) groups excluding carboxylic acids is 2. The van der Waals surface area contributed by atoms with Crippen LogP contribution in [0.1, 0.15) is 251 Å². The third kappa shape index (κ3) is 7.50. The monoisotopic (exact) mass is 993 g/mol. The smallest absolute Gasteiger partial charge is 0.226 e. The number of nitrogens with one attached hydrogen (secondary N) is 2. The lowest BCUT2D eigenvalue weighted by molar-refractivity contribution is -0.203. The number of aliphatic hydroxyl groups excluding tert-OH is 2. The first-order chi connectivity index (χ1) is 33.4. The zero-order valence-electron chi connectivity index (χ0n) is 48.9. The molecule has 0 aliphatic heterocycles. The number of aliphatic hydroxyl groups is 2. The fourth-order valence-corrected chi connectivity index (χ4v) is 22.6. The zero-order valence-corrected chi connectivity index (χ0v) is 48.9. The van der Waals surface area contributed by atoms with E-state index in [9.17, 15) is 19.8 Å². The Morgan fingerprint density at radius 1 is 0.458 bits per heavy atom. The summed E-state index contributed by atoms with van der Waals surface area (Å²) in [6, 6.07) is 0. The van der Waals surface area contributed by atoms with E-state index in [1.54, 1.807) is 11.1 Å². The highest BCUT2D eigenvalue weighted by atomic mass is 16.3. The van der Waals surface area contributed by atoms with E-state index in [1.165, 1.54) is 25.7 Å². The predicted octanol–water partition coefficient (Wildman–Crippen LogP) is 15.1. The summed E-state index contributed by atoms with van der Waals surface area (Å²) in [6.07, 6.45) is 31.0. The minimum atomic E-state index is -0.309. The van der Waals surface area contributed by atoms with Gasteiger partial charge in [0.2, 0.25) is 11.8 Å². The van der Waals surface area contributed by atoms with Crippen LogP contribution >= 0.6 is 0 Å². The molecule has 0 aromatic heterocycles. The number of hydrogen-bond donors (Lipinski definition) is 4. The molecule has 10 rings (SSSR count). The number of carbonyl (C=O) groups is 2. The minimum absolute atomic E-state index is 0.0486. The minimum Gasteiger partial charge on any atom is -0.393 e. The molecule has 0 aromatic rings. The average molecular weight is 994 g/mol. The van der Waals surface area contributed by atoms with Gasteiger partial charge in [0.1, 0.15) is 0 Å². The first-order valence-electron chi connectivity index (χ1n) is 30.8. The molecule has 0 heterocycles. The van der Waals surface area contributed by atoms with Crippen LogP contribution in [0.15, 0.2) is 23.3 Å². The Kier molecular flexibility index (Phi) is 13.0. The van der Waals surface area contributed by atoms with E-state index < -0.39 is 0 Å². The highest BCUT2D eigenvalue weighted by molar-refractivity contribution is 5.85. The average Bonchev–Trinajstić information content (AvgIpc) is 3.30. The zero-order chi connectivity index (χ0) is 52.1. The molecule has 16 atom stereocenters. The van der Waals surface area contributed by atoms with Crippen LogP contribution in [0.3, 0.4) is 0 Å². The number of fused-ring (bicyclic) bond motifs is 14. The Labute approximate surface area is 440 Å². The molecule has 72 heavy (non-hydrogen) atoms. The normalized spacial score (nSPS) is 49.2. The third-order valence-electron chi connectivity index (χ3n) is 27.8. The Morgan fingerprint density at radius 2 is 0.819 bits per heavy atom. The maximum atomic E-state index is 14.8. The number of rotatable bonds is 9. The topological polar surface area (TPSA) is 98.7 Å². The summed E-state index contributed by atoms with van der Waals surface area (Å²) >= 11 is 0. The summed E-state index contributed by atoms with van der Waals surface area (Å²) in [5.74, 6) is 3.58. The molecule has 10 aliphatic rings.